The van der Waals surface area contributed by atoms with Crippen LogP contribution in [0.25, 0.3) is 0 Å². The van der Waals surface area contributed by atoms with Crippen LogP contribution >= 0.6 is 0 Å². The smallest absolute Gasteiger partial charge is 0.0951 e. The van der Waals surface area contributed by atoms with Crippen molar-refractivity contribution >= 4 is 0 Å². The van der Waals surface area contributed by atoms with Crippen molar-refractivity contribution in [3.63, 3.8) is 0 Å². The Labute approximate surface area is 92.0 Å². The van der Waals surface area contributed by atoms with Gasteiger partial charge < -0.3 is 10.3 Å². The van der Waals surface area contributed by atoms with Gasteiger partial charge in [0.05, 0.1) is 6.33 Å². The second-order valence-electron chi connectivity index (χ2n) is 4.49. The fourth-order valence-electron chi connectivity index (χ4n) is 1.80. The first-order valence-corrected chi connectivity index (χ1v) is 5.40. The van der Waals surface area contributed by atoms with Crippen LogP contribution in [-0.2, 0) is 6.54 Å². The predicted octanol–water partition coefficient (Wildman–Crippen LogP) is 2.16. The predicted molar refractivity (Wildman–Crippen MR) is 63.7 cm³/mol. The van der Waals surface area contributed by atoms with Crippen molar-refractivity contribution in [1.82, 2.24) is 9.55 Å². The van der Waals surface area contributed by atoms with Gasteiger partial charge in [-0.1, -0.05) is 26.0 Å². The minimum absolute atomic E-state index is 0.381. The summed E-state index contributed by atoms with van der Waals surface area (Å²) in [4.78, 5) is 4.19. The zero-order chi connectivity index (χ0) is 11.4. The van der Waals surface area contributed by atoms with E-state index in [2.05, 4.69) is 30.0 Å². The van der Waals surface area contributed by atoms with E-state index >= 15 is 0 Å². The Balaban J connectivity index is 2.92. The average molecular weight is 207 g/mol. The van der Waals surface area contributed by atoms with Gasteiger partial charge in [0.2, 0.25) is 0 Å². The Bertz CT molecular complexity index is 325. The third kappa shape index (κ3) is 2.93. The van der Waals surface area contributed by atoms with Crippen molar-refractivity contribution in [1.29, 1.82) is 0 Å². The maximum absolute atomic E-state index is 5.80. The van der Waals surface area contributed by atoms with Gasteiger partial charge in [-0.2, -0.15) is 0 Å². The minimum Gasteiger partial charge on any atom is -0.330 e. The van der Waals surface area contributed by atoms with Gasteiger partial charge in [0.25, 0.3) is 0 Å². The van der Waals surface area contributed by atoms with Crippen LogP contribution in [0.5, 0.6) is 0 Å². The standard InChI is InChI=1S/C12H21N3/c1-9(2)7-15-8-14-6-12(15)11(5-13)10(3)4/h6,8,10-11H,1,5,7,13H2,2-4H3. The van der Waals surface area contributed by atoms with Gasteiger partial charge in [0.1, 0.15) is 0 Å². The molecule has 3 heteroatoms. The highest BCUT2D eigenvalue weighted by Crippen LogP contribution is 2.23. The summed E-state index contributed by atoms with van der Waals surface area (Å²) in [5.74, 6) is 0.919. The molecule has 84 valence electrons. The second-order valence-corrected chi connectivity index (χ2v) is 4.49. The van der Waals surface area contributed by atoms with Crippen LogP contribution in [0.2, 0.25) is 0 Å². The Kier molecular flexibility index (Phi) is 4.09. The van der Waals surface area contributed by atoms with Crippen LogP contribution in [0, 0.1) is 5.92 Å². The molecule has 0 saturated carbocycles. The van der Waals surface area contributed by atoms with Crippen LogP contribution in [0.4, 0.5) is 0 Å². The fourth-order valence-corrected chi connectivity index (χ4v) is 1.80. The van der Waals surface area contributed by atoms with E-state index in [4.69, 9.17) is 5.73 Å². The first-order valence-electron chi connectivity index (χ1n) is 5.40. The molecular formula is C12H21N3. The zero-order valence-corrected chi connectivity index (χ0v) is 9.90. The number of aromatic nitrogens is 2. The molecule has 0 aliphatic rings. The highest BCUT2D eigenvalue weighted by molar-refractivity contribution is 5.10. The third-order valence-corrected chi connectivity index (χ3v) is 2.62. The van der Waals surface area contributed by atoms with Crippen LogP contribution in [0.1, 0.15) is 32.4 Å². The van der Waals surface area contributed by atoms with Crippen LogP contribution in [0.3, 0.4) is 0 Å². The van der Waals surface area contributed by atoms with Crippen LogP contribution in [-0.4, -0.2) is 16.1 Å². The fraction of sp³-hybridized carbons (Fsp3) is 0.583. The van der Waals surface area contributed by atoms with E-state index in [0.717, 1.165) is 12.1 Å². The molecule has 3 nitrogen and oxygen atoms in total. The Morgan fingerprint density at radius 2 is 2.27 bits per heavy atom. The molecule has 1 rings (SSSR count). The number of hydrogen-bond donors (Lipinski definition) is 1. The summed E-state index contributed by atoms with van der Waals surface area (Å²) in [5.41, 5.74) is 8.15. The van der Waals surface area contributed by atoms with Gasteiger partial charge in [-0.25, -0.2) is 4.98 Å². The van der Waals surface area contributed by atoms with Crippen LogP contribution in [0.15, 0.2) is 24.7 Å². The quantitative estimate of drug-likeness (QED) is 0.752. The monoisotopic (exact) mass is 207 g/mol. The number of imidazole rings is 1. The summed E-state index contributed by atoms with van der Waals surface area (Å²) in [6, 6.07) is 0. The molecule has 0 aliphatic heterocycles. The molecule has 0 saturated heterocycles. The number of nitrogens with zero attached hydrogens (tertiary/aromatic N) is 2. The van der Waals surface area contributed by atoms with Gasteiger partial charge >= 0.3 is 0 Å². The molecular weight excluding hydrogens is 186 g/mol. The molecule has 0 aromatic carbocycles. The SMILES string of the molecule is C=C(C)Cn1cncc1C(CN)C(C)C. The van der Waals surface area contributed by atoms with Crippen molar-refractivity contribution in [3.05, 3.63) is 30.4 Å². The van der Waals surface area contributed by atoms with Gasteiger partial charge in [0.15, 0.2) is 0 Å². The lowest BCUT2D eigenvalue weighted by atomic mass is 9.93. The average Bonchev–Trinajstić information content (AvgIpc) is 2.53. The normalized spacial score (nSPS) is 13.1. The van der Waals surface area contributed by atoms with Crippen molar-refractivity contribution in [2.75, 3.05) is 6.54 Å². The van der Waals surface area contributed by atoms with E-state index in [1.165, 1.54) is 5.69 Å². The maximum atomic E-state index is 5.80. The van der Waals surface area contributed by atoms with E-state index in [0.29, 0.717) is 18.4 Å². The molecule has 1 aromatic rings. The summed E-state index contributed by atoms with van der Waals surface area (Å²) in [6.07, 6.45) is 3.77. The Hall–Kier alpha value is -1.09. The Morgan fingerprint density at radius 3 is 2.73 bits per heavy atom. The first kappa shape index (κ1) is 12.0. The number of rotatable bonds is 5. The van der Waals surface area contributed by atoms with Gasteiger partial charge in [-0.15, -0.1) is 0 Å². The molecule has 15 heavy (non-hydrogen) atoms. The van der Waals surface area contributed by atoms with E-state index in [9.17, 15) is 0 Å². The maximum Gasteiger partial charge on any atom is 0.0951 e. The summed E-state index contributed by atoms with van der Waals surface area (Å²) in [6.45, 7) is 11.8. The van der Waals surface area contributed by atoms with Crippen molar-refractivity contribution in [3.8, 4) is 0 Å². The minimum atomic E-state index is 0.381. The molecule has 2 N–H and O–H groups in total. The van der Waals surface area contributed by atoms with Crippen molar-refractivity contribution in [2.24, 2.45) is 11.7 Å². The lowest BCUT2D eigenvalue weighted by Gasteiger charge is -2.20. The molecule has 0 aliphatic carbocycles. The lowest BCUT2D eigenvalue weighted by Crippen LogP contribution is -2.21. The topological polar surface area (TPSA) is 43.8 Å². The van der Waals surface area contributed by atoms with Crippen LogP contribution < -0.4 is 5.73 Å². The van der Waals surface area contributed by atoms with E-state index < -0.39 is 0 Å². The third-order valence-electron chi connectivity index (χ3n) is 2.62. The molecule has 0 fully saturated rings. The molecule has 0 spiro atoms. The summed E-state index contributed by atoms with van der Waals surface area (Å²) in [5, 5.41) is 0. The largest absolute Gasteiger partial charge is 0.330 e. The molecule has 1 heterocycles. The van der Waals surface area contributed by atoms with E-state index in [1.807, 2.05) is 19.4 Å². The molecule has 0 bridgehead atoms. The first-order chi connectivity index (χ1) is 7.06. The Morgan fingerprint density at radius 1 is 1.60 bits per heavy atom. The molecule has 1 aromatic heterocycles. The zero-order valence-electron chi connectivity index (χ0n) is 9.90. The van der Waals surface area contributed by atoms with Gasteiger partial charge in [0, 0.05) is 30.9 Å². The number of allylic oxidation sites excluding steroid dienone is 1. The summed E-state index contributed by atoms with van der Waals surface area (Å²) >= 11 is 0. The summed E-state index contributed by atoms with van der Waals surface area (Å²) in [7, 11) is 0. The molecule has 1 unspecified atom stereocenters. The number of nitrogens with two attached hydrogens (primary N) is 1. The molecule has 0 radical (unpaired) electrons. The second kappa shape index (κ2) is 5.12. The molecule has 0 amide bonds. The highest BCUT2D eigenvalue weighted by atomic mass is 15.0. The molecule has 1 atom stereocenters. The summed E-state index contributed by atoms with van der Waals surface area (Å²) < 4.78 is 2.14. The number of hydrogen-bond acceptors (Lipinski definition) is 2. The van der Waals surface area contributed by atoms with E-state index in [1.54, 1.807) is 0 Å². The lowest BCUT2D eigenvalue weighted by molar-refractivity contribution is 0.477. The van der Waals surface area contributed by atoms with Gasteiger partial charge in [-0.05, 0) is 12.8 Å². The van der Waals surface area contributed by atoms with Crippen molar-refractivity contribution < 1.29 is 0 Å². The van der Waals surface area contributed by atoms with Gasteiger partial charge in [-0.3, -0.25) is 0 Å². The highest BCUT2D eigenvalue weighted by Gasteiger charge is 2.17. The van der Waals surface area contributed by atoms with Crippen molar-refractivity contribution in [2.45, 2.75) is 33.2 Å². The van der Waals surface area contributed by atoms with E-state index in [-0.39, 0.29) is 0 Å².